The highest BCUT2D eigenvalue weighted by atomic mass is 16.3. The molecule has 1 heteroatoms. The molecule has 0 radical (unpaired) electrons. The lowest BCUT2D eigenvalue weighted by atomic mass is 9.91. The van der Waals surface area contributed by atoms with Gasteiger partial charge in [0.05, 0.1) is 0 Å². The van der Waals surface area contributed by atoms with E-state index in [0.29, 0.717) is 11.2 Å². The van der Waals surface area contributed by atoms with Crippen LogP contribution < -0.4 is 0 Å². The van der Waals surface area contributed by atoms with Gasteiger partial charge in [-0.15, -0.1) is 0 Å². The first-order valence-corrected chi connectivity index (χ1v) is 6.02. The zero-order chi connectivity index (χ0) is 10.7. The van der Waals surface area contributed by atoms with Crippen molar-refractivity contribution in [3.05, 3.63) is 29.8 Å². The first kappa shape index (κ1) is 10.5. The van der Waals surface area contributed by atoms with Gasteiger partial charge in [0.1, 0.15) is 5.75 Å². The van der Waals surface area contributed by atoms with Crippen LogP contribution in [0.15, 0.2) is 24.3 Å². The molecule has 1 N–H and O–H groups in total. The molecular weight excluding hydrogens is 184 g/mol. The van der Waals surface area contributed by atoms with Gasteiger partial charge in [-0.1, -0.05) is 31.9 Å². The Bertz CT molecular complexity index is 326. The van der Waals surface area contributed by atoms with E-state index < -0.39 is 0 Å². The number of hydrogen-bond donors (Lipinski definition) is 1. The summed E-state index contributed by atoms with van der Waals surface area (Å²) < 4.78 is 0. The van der Waals surface area contributed by atoms with Crippen molar-refractivity contribution in [1.82, 2.24) is 0 Å². The Balaban J connectivity index is 1.96. The number of benzene rings is 1. The van der Waals surface area contributed by atoms with Crippen molar-refractivity contribution in [2.24, 2.45) is 5.41 Å². The van der Waals surface area contributed by atoms with Crippen molar-refractivity contribution < 1.29 is 5.11 Å². The fourth-order valence-electron chi connectivity index (χ4n) is 2.34. The molecule has 82 valence electrons. The van der Waals surface area contributed by atoms with Crippen molar-refractivity contribution >= 4 is 0 Å². The quantitative estimate of drug-likeness (QED) is 0.771. The molecule has 1 saturated carbocycles. The monoisotopic (exact) mass is 204 g/mol. The predicted octanol–water partition coefficient (Wildman–Crippen LogP) is 3.91. The summed E-state index contributed by atoms with van der Waals surface area (Å²) in [6, 6.07) is 7.73. The molecular formula is C14H20O. The van der Waals surface area contributed by atoms with Crippen molar-refractivity contribution in [2.75, 3.05) is 0 Å². The summed E-state index contributed by atoms with van der Waals surface area (Å²) in [6.07, 6.45) is 7.91. The maximum absolute atomic E-state index is 9.41. The minimum Gasteiger partial charge on any atom is -0.508 e. The molecule has 0 atom stereocenters. The van der Waals surface area contributed by atoms with Crippen LogP contribution in [0.2, 0.25) is 0 Å². The van der Waals surface area contributed by atoms with Gasteiger partial charge in [0, 0.05) is 0 Å². The number of hydrogen-bond acceptors (Lipinski definition) is 1. The van der Waals surface area contributed by atoms with E-state index in [1.54, 1.807) is 6.07 Å². The molecule has 1 aromatic carbocycles. The van der Waals surface area contributed by atoms with E-state index in [-0.39, 0.29) is 0 Å². The smallest absolute Gasteiger partial charge is 0.115 e. The van der Waals surface area contributed by atoms with Crippen LogP contribution in [0.25, 0.3) is 0 Å². The Morgan fingerprint density at radius 3 is 2.73 bits per heavy atom. The summed E-state index contributed by atoms with van der Waals surface area (Å²) in [5.74, 6) is 0.402. The third-order valence-electron chi connectivity index (χ3n) is 3.51. The molecule has 0 aliphatic heterocycles. The van der Waals surface area contributed by atoms with Crippen LogP contribution in [0.3, 0.4) is 0 Å². The van der Waals surface area contributed by atoms with Gasteiger partial charge < -0.3 is 5.11 Å². The summed E-state index contributed by atoms with van der Waals surface area (Å²) in [7, 11) is 0. The summed E-state index contributed by atoms with van der Waals surface area (Å²) in [5, 5.41) is 9.41. The molecule has 0 amide bonds. The molecule has 0 unspecified atom stereocenters. The second kappa shape index (κ2) is 4.26. The summed E-state index contributed by atoms with van der Waals surface area (Å²) in [5.41, 5.74) is 1.88. The Morgan fingerprint density at radius 1 is 1.33 bits per heavy atom. The average Bonchev–Trinajstić information content (AvgIpc) is 2.96. The van der Waals surface area contributed by atoms with Crippen molar-refractivity contribution in [3.63, 3.8) is 0 Å². The summed E-state index contributed by atoms with van der Waals surface area (Å²) >= 11 is 0. The molecule has 1 nitrogen and oxygen atoms in total. The normalized spacial score (nSPS) is 17.7. The Labute approximate surface area is 92.1 Å². The largest absolute Gasteiger partial charge is 0.508 e. The number of unbranched alkanes of at least 4 members (excludes halogenated alkanes) is 1. The standard InChI is InChI=1S/C14H20O/c1-2-3-7-14(8-9-14)11-12-5-4-6-13(15)10-12/h4-6,10,15H,2-3,7-9,11H2,1H3. The van der Waals surface area contributed by atoms with E-state index in [1.165, 1.54) is 37.7 Å². The van der Waals surface area contributed by atoms with Gasteiger partial charge in [-0.3, -0.25) is 0 Å². The van der Waals surface area contributed by atoms with Crippen molar-refractivity contribution in [2.45, 2.75) is 45.4 Å². The van der Waals surface area contributed by atoms with E-state index in [1.807, 2.05) is 12.1 Å². The molecule has 15 heavy (non-hydrogen) atoms. The van der Waals surface area contributed by atoms with E-state index in [9.17, 15) is 5.11 Å². The van der Waals surface area contributed by atoms with E-state index in [2.05, 4.69) is 13.0 Å². The molecule has 0 spiro atoms. The highest BCUT2D eigenvalue weighted by molar-refractivity contribution is 5.28. The van der Waals surface area contributed by atoms with Gasteiger partial charge in [0.15, 0.2) is 0 Å². The zero-order valence-electron chi connectivity index (χ0n) is 9.50. The highest BCUT2D eigenvalue weighted by Gasteiger charge is 2.41. The van der Waals surface area contributed by atoms with E-state index >= 15 is 0 Å². The molecule has 1 aromatic rings. The highest BCUT2D eigenvalue weighted by Crippen LogP contribution is 2.52. The van der Waals surface area contributed by atoms with Crippen LogP contribution in [0, 0.1) is 5.41 Å². The predicted molar refractivity (Wildman–Crippen MR) is 63.0 cm³/mol. The minimum atomic E-state index is 0.402. The SMILES string of the molecule is CCCCC1(Cc2cccc(O)c2)CC1. The van der Waals surface area contributed by atoms with E-state index in [4.69, 9.17) is 0 Å². The lowest BCUT2D eigenvalue weighted by molar-refractivity contribution is 0.439. The fourth-order valence-corrected chi connectivity index (χ4v) is 2.34. The first-order valence-electron chi connectivity index (χ1n) is 6.02. The molecule has 1 aliphatic carbocycles. The first-order chi connectivity index (χ1) is 7.24. The van der Waals surface area contributed by atoms with Crippen LogP contribution in [0.4, 0.5) is 0 Å². The summed E-state index contributed by atoms with van der Waals surface area (Å²) in [6.45, 7) is 2.25. The van der Waals surface area contributed by atoms with Crippen LogP contribution in [-0.4, -0.2) is 5.11 Å². The van der Waals surface area contributed by atoms with Gasteiger partial charge in [0.25, 0.3) is 0 Å². The van der Waals surface area contributed by atoms with Crippen LogP contribution in [-0.2, 0) is 6.42 Å². The Kier molecular flexibility index (Phi) is 2.99. The van der Waals surface area contributed by atoms with Crippen LogP contribution in [0.1, 0.15) is 44.6 Å². The minimum absolute atomic E-state index is 0.402. The Morgan fingerprint density at radius 2 is 2.13 bits per heavy atom. The van der Waals surface area contributed by atoms with Crippen LogP contribution in [0.5, 0.6) is 5.75 Å². The molecule has 1 aliphatic rings. The fraction of sp³-hybridized carbons (Fsp3) is 0.571. The van der Waals surface area contributed by atoms with E-state index in [0.717, 1.165) is 6.42 Å². The molecule has 0 aromatic heterocycles. The molecule has 0 bridgehead atoms. The van der Waals surface area contributed by atoms with Crippen molar-refractivity contribution in [1.29, 1.82) is 0 Å². The van der Waals surface area contributed by atoms with Gasteiger partial charge in [-0.05, 0) is 48.8 Å². The average molecular weight is 204 g/mol. The second-order valence-electron chi connectivity index (χ2n) is 4.95. The Hall–Kier alpha value is -0.980. The topological polar surface area (TPSA) is 20.2 Å². The van der Waals surface area contributed by atoms with Crippen molar-refractivity contribution in [3.8, 4) is 5.75 Å². The lowest BCUT2D eigenvalue weighted by Gasteiger charge is -2.14. The molecule has 0 heterocycles. The van der Waals surface area contributed by atoms with Crippen LogP contribution >= 0.6 is 0 Å². The molecule has 2 rings (SSSR count). The van der Waals surface area contributed by atoms with Gasteiger partial charge >= 0.3 is 0 Å². The third-order valence-corrected chi connectivity index (χ3v) is 3.51. The maximum atomic E-state index is 9.41. The molecule has 0 saturated heterocycles. The number of aromatic hydroxyl groups is 1. The second-order valence-corrected chi connectivity index (χ2v) is 4.95. The van der Waals surface area contributed by atoms with Gasteiger partial charge in [0.2, 0.25) is 0 Å². The van der Waals surface area contributed by atoms with Gasteiger partial charge in [-0.2, -0.15) is 0 Å². The third kappa shape index (κ3) is 2.74. The number of rotatable bonds is 5. The number of phenols is 1. The number of phenolic OH excluding ortho intramolecular Hbond substituents is 1. The zero-order valence-corrected chi connectivity index (χ0v) is 9.50. The summed E-state index contributed by atoms with van der Waals surface area (Å²) in [4.78, 5) is 0. The van der Waals surface area contributed by atoms with Gasteiger partial charge in [-0.25, -0.2) is 0 Å². The molecule has 1 fully saturated rings. The maximum Gasteiger partial charge on any atom is 0.115 e. The lowest BCUT2D eigenvalue weighted by Crippen LogP contribution is -2.04.